The Bertz CT molecular complexity index is 1220. The Kier molecular flexibility index (Phi) is 6.01. The first-order valence-electron chi connectivity index (χ1n) is 8.59. The van der Waals surface area contributed by atoms with Gasteiger partial charge in [0.15, 0.2) is 0 Å². The molecule has 0 aliphatic carbocycles. The summed E-state index contributed by atoms with van der Waals surface area (Å²) in [6, 6.07) is 18.8. The third-order valence-corrected chi connectivity index (χ3v) is 6.27. The molecule has 144 valence electrons. The molecule has 29 heavy (non-hydrogen) atoms. The van der Waals surface area contributed by atoms with Crippen molar-refractivity contribution >= 4 is 78.4 Å². The van der Waals surface area contributed by atoms with Gasteiger partial charge in [-0.2, -0.15) is 0 Å². The number of nitrogens with one attached hydrogen (secondary N) is 1. The third kappa shape index (κ3) is 4.70. The lowest BCUT2D eigenvalue weighted by Gasteiger charge is -2.08. The zero-order valence-corrected chi connectivity index (χ0v) is 18.7. The van der Waals surface area contributed by atoms with Gasteiger partial charge >= 0.3 is 0 Å². The lowest BCUT2D eigenvalue weighted by Crippen LogP contribution is -2.08. The Morgan fingerprint density at radius 2 is 1.90 bits per heavy atom. The second kappa shape index (κ2) is 8.67. The van der Waals surface area contributed by atoms with Crippen LogP contribution in [-0.2, 0) is 4.79 Å². The van der Waals surface area contributed by atoms with Crippen molar-refractivity contribution in [3.63, 3.8) is 0 Å². The minimum Gasteiger partial charge on any atom is -0.322 e. The van der Waals surface area contributed by atoms with E-state index in [4.69, 9.17) is 28.2 Å². The summed E-state index contributed by atoms with van der Waals surface area (Å²) in [6.45, 7) is 0. The molecule has 0 aliphatic rings. The number of para-hydroxylation sites is 1. The number of carbonyl (C=O) groups excluding carboxylic acids is 1. The monoisotopic (exact) mass is 502 g/mol. The molecule has 3 nitrogen and oxygen atoms in total. The Labute approximate surface area is 190 Å². The smallest absolute Gasteiger partial charge is 0.248 e. The standard InChI is InChI=1S/C22H13BrCl2N2OS/c23-14-7-9-18(16(11-14)22-27-19-3-1-2-4-20(19)29-22)26-21(28)10-6-13-5-8-15(24)12-17(13)25/h1-12H,(H,26,28). The van der Waals surface area contributed by atoms with Crippen LogP contribution in [0.2, 0.25) is 10.0 Å². The predicted octanol–water partition coefficient (Wildman–Crippen LogP) is 7.68. The third-order valence-electron chi connectivity index (χ3n) is 4.14. The number of rotatable bonds is 4. The van der Waals surface area contributed by atoms with E-state index < -0.39 is 0 Å². The van der Waals surface area contributed by atoms with E-state index in [0.717, 1.165) is 25.3 Å². The summed E-state index contributed by atoms with van der Waals surface area (Å²) in [5.41, 5.74) is 3.19. The number of aromatic nitrogens is 1. The van der Waals surface area contributed by atoms with Crippen LogP contribution in [-0.4, -0.2) is 10.9 Å². The fourth-order valence-electron chi connectivity index (χ4n) is 2.77. The molecule has 0 saturated heterocycles. The molecule has 1 aromatic heterocycles. The van der Waals surface area contributed by atoms with Crippen molar-refractivity contribution in [1.29, 1.82) is 0 Å². The number of carbonyl (C=O) groups is 1. The number of anilines is 1. The van der Waals surface area contributed by atoms with E-state index in [1.165, 1.54) is 6.08 Å². The maximum Gasteiger partial charge on any atom is 0.248 e. The molecule has 0 aliphatic heterocycles. The first kappa shape index (κ1) is 20.1. The number of thiazole rings is 1. The van der Waals surface area contributed by atoms with Gasteiger partial charge in [0.05, 0.1) is 15.9 Å². The van der Waals surface area contributed by atoms with Gasteiger partial charge in [0.2, 0.25) is 5.91 Å². The van der Waals surface area contributed by atoms with Crippen molar-refractivity contribution < 1.29 is 4.79 Å². The maximum atomic E-state index is 12.5. The van der Waals surface area contributed by atoms with Gasteiger partial charge < -0.3 is 5.32 Å². The van der Waals surface area contributed by atoms with Gasteiger partial charge in [0.1, 0.15) is 5.01 Å². The van der Waals surface area contributed by atoms with Crippen molar-refractivity contribution in [2.45, 2.75) is 0 Å². The zero-order valence-electron chi connectivity index (χ0n) is 14.8. The van der Waals surface area contributed by atoms with Crippen molar-refractivity contribution in [3.8, 4) is 10.6 Å². The fourth-order valence-corrected chi connectivity index (χ4v) is 4.59. The SMILES string of the molecule is O=C(C=Cc1ccc(Cl)cc1Cl)Nc1ccc(Br)cc1-c1nc2ccccc2s1. The molecule has 1 N–H and O–H groups in total. The molecule has 0 radical (unpaired) electrons. The van der Waals surface area contributed by atoms with Gasteiger partial charge in [-0.05, 0) is 54.1 Å². The molecule has 0 fully saturated rings. The molecule has 7 heteroatoms. The van der Waals surface area contributed by atoms with E-state index in [0.29, 0.717) is 21.3 Å². The van der Waals surface area contributed by atoms with Gasteiger partial charge in [-0.15, -0.1) is 11.3 Å². The Balaban J connectivity index is 1.62. The quantitative estimate of drug-likeness (QED) is 0.290. The van der Waals surface area contributed by atoms with Crippen molar-refractivity contribution in [2.24, 2.45) is 0 Å². The van der Waals surface area contributed by atoms with E-state index in [1.807, 2.05) is 42.5 Å². The zero-order chi connectivity index (χ0) is 20.4. The molecule has 0 unspecified atom stereocenters. The van der Waals surface area contributed by atoms with Crippen molar-refractivity contribution in [1.82, 2.24) is 4.98 Å². The highest BCUT2D eigenvalue weighted by Gasteiger charge is 2.13. The highest BCUT2D eigenvalue weighted by molar-refractivity contribution is 9.10. The number of hydrogen-bond acceptors (Lipinski definition) is 3. The van der Waals surface area contributed by atoms with Crippen LogP contribution in [0.4, 0.5) is 5.69 Å². The highest BCUT2D eigenvalue weighted by atomic mass is 79.9. The van der Waals surface area contributed by atoms with E-state index in [1.54, 1.807) is 35.6 Å². The maximum absolute atomic E-state index is 12.5. The average molecular weight is 504 g/mol. The lowest BCUT2D eigenvalue weighted by atomic mass is 10.1. The molecule has 4 aromatic rings. The van der Waals surface area contributed by atoms with E-state index in [-0.39, 0.29) is 5.91 Å². The second-order valence-corrected chi connectivity index (χ2v) is 8.96. The van der Waals surface area contributed by atoms with Crippen LogP contribution in [0.15, 0.2) is 71.2 Å². The normalized spacial score (nSPS) is 11.3. The fraction of sp³-hybridized carbons (Fsp3) is 0. The van der Waals surface area contributed by atoms with Gasteiger partial charge in [-0.25, -0.2) is 4.98 Å². The van der Waals surface area contributed by atoms with Crippen LogP contribution in [0.1, 0.15) is 5.56 Å². The number of nitrogens with zero attached hydrogens (tertiary/aromatic N) is 1. The van der Waals surface area contributed by atoms with Gasteiger partial charge in [0.25, 0.3) is 0 Å². The van der Waals surface area contributed by atoms with Crippen LogP contribution in [0.5, 0.6) is 0 Å². The minimum atomic E-state index is -0.263. The number of amides is 1. The molecule has 3 aromatic carbocycles. The highest BCUT2D eigenvalue weighted by Crippen LogP contribution is 2.36. The number of fused-ring (bicyclic) bond motifs is 1. The van der Waals surface area contributed by atoms with Gasteiger partial charge in [-0.3, -0.25) is 4.79 Å². The lowest BCUT2D eigenvalue weighted by molar-refractivity contribution is -0.111. The van der Waals surface area contributed by atoms with Crippen LogP contribution in [0, 0.1) is 0 Å². The first-order chi connectivity index (χ1) is 14.0. The molecule has 0 bridgehead atoms. The summed E-state index contributed by atoms with van der Waals surface area (Å²) in [5.74, 6) is -0.263. The number of benzene rings is 3. The summed E-state index contributed by atoms with van der Waals surface area (Å²) < 4.78 is 2.00. The Morgan fingerprint density at radius 1 is 1.07 bits per heavy atom. The largest absolute Gasteiger partial charge is 0.322 e. The van der Waals surface area contributed by atoms with Crippen LogP contribution in [0.3, 0.4) is 0 Å². The molecular weight excluding hydrogens is 491 g/mol. The molecule has 1 amide bonds. The van der Waals surface area contributed by atoms with E-state index in [2.05, 4.69) is 21.2 Å². The van der Waals surface area contributed by atoms with Crippen molar-refractivity contribution in [2.75, 3.05) is 5.32 Å². The van der Waals surface area contributed by atoms with Crippen LogP contribution >= 0.6 is 50.5 Å². The van der Waals surface area contributed by atoms with Crippen LogP contribution < -0.4 is 5.32 Å². The predicted molar refractivity (Wildman–Crippen MR) is 127 cm³/mol. The average Bonchev–Trinajstić information content (AvgIpc) is 3.13. The summed E-state index contributed by atoms with van der Waals surface area (Å²) in [5, 5.41) is 4.81. The molecule has 0 spiro atoms. The molecule has 0 saturated carbocycles. The number of hydrogen-bond donors (Lipinski definition) is 1. The summed E-state index contributed by atoms with van der Waals surface area (Å²) in [7, 11) is 0. The van der Waals surface area contributed by atoms with Crippen molar-refractivity contribution in [3.05, 3.63) is 86.8 Å². The number of halogens is 3. The minimum absolute atomic E-state index is 0.263. The van der Waals surface area contributed by atoms with Gasteiger partial charge in [-0.1, -0.05) is 57.3 Å². The molecular formula is C22H13BrCl2N2OS. The van der Waals surface area contributed by atoms with E-state index >= 15 is 0 Å². The molecule has 1 heterocycles. The Morgan fingerprint density at radius 3 is 2.69 bits per heavy atom. The summed E-state index contributed by atoms with van der Waals surface area (Å²) in [6.07, 6.45) is 3.10. The Hall–Kier alpha value is -2.18. The van der Waals surface area contributed by atoms with Gasteiger partial charge in [0, 0.05) is 26.2 Å². The molecule has 4 rings (SSSR count). The van der Waals surface area contributed by atoms with Crippen LogP contribution in [0.25, 0.3) is 26.9 Å². The summed E-state index contributed by atoms with van der Waals surface area (Å²) >= 11 is 17.1. The summed E-state index contributed by atoms with van der Waals surface area (Å²) in [4.78, 5) is 17.2. The first-order valence-corrected chi connectivity index (χ1v) is 11.0. The topological polar surface area (TPSA) is 42.0 Å². The second-order valence-electron chi connectivity index (χ2n) is 6.17. The molecule has 0 atom stereocenters. The van der Waals surface area contributed by atoms with E-state index in [9.17, 15) is 4.79 Å².